The van der Waals surface area contributed by atoms with Crippen LogP contribution < -0.4 is 10.2 Å². The van der Waals surface area contributed by atoms with E-state index < -0.39 is 0 Å². The van der Waals surface area contributed by atoms with Crippen LogP contribution in [0.1, 0.15) is 26.4 Å². The van der Waals surface area contributed by atoms with Crippen molar-refractivity contribution in [1.82, 2.24) is 9.97 Å². The Morgan fingerprint density at radius 2 is 1.93 bits per heavy atom. The number of anilines is 2. The van der Waals surface area contributed by atoms with Crippen molar-refractivity contribution in [2.45, 2.75) is 6.42 Å². The van der Waals surface area contributed by atoms with E-state index in [1.807, 2.05) is 55.4 Å². The largest absolute Gasteiger partial charge is 0.363 e. The molecule has 0 saturated carbocycles. The molecule has 0 spiro atoms. The Labute approximate surface area is 178 Å². The number of amides is 1. The van der Waals surface area contributed by atoms with Crippen LogP contribution in [0.4, 0.5) is 10.9 Å². The Morgan fingerprint density at radius 1 is 1.17 bits per heavy atom. The van der Waals surface area contributed by atoms with Gasteiger partial charge < -0.3 is 4.90 Å². The number of nitrogens with zero attached hydrogens (tertiary/aromatic N) is 4. The second-order valence-electron chi connectivity index (χ2n) is 7.01. The fraction of sp³-hybridized carbons (Fsp3) is 0.130. The van der Waals surface area contributed by atoms with Crippen molar-refractivity contribution in [2.24, 2.45) is 0 Å². The zero-order chi connectivity index (χ0) is 21.1. The van der Waals surface area contributed by atoms with Crippen LogP contribution in [-0.2, 0) is 6.42 Å². The summed E-state index contributed by atoms with van der Waals surface area (Å²) in [7, 11) is 3.80. The first-order valence-corrected chi connectivity index (χ1v) is 10.2. The number of aromatic nitrogens is 2. The number of benzene rings is 2. The molecule has 0 atom stereocenters. The third-order valence-corrected chi connectivity index (χ3v) is 5.55. The van der Waals surface area contributed by atoms with Gasteiger partial charge in [-0.2, -0.15) is 5.26 Å². The second kappa shape index (κ2) is 8.31. The Bertz CT molecular complexity index is 1250. The number of carbonyl (C=O) groups is 1. The van der Waals surface area contributed by atoms with Crippen LogP contribution in [0.2, 0.25) is 0 Å². The van der Waals surface area contributed by atoms with Crippen molar-refractivity contribution in [3.8, 4) is 6.07 Å². The molecule has 0 aliphatic heterocycles. The summed E-state index contributed by atoms with van der Waals surface area (Å²) in [5.41, 5.74) is 3.06. The molecule has 0 unspecified atom stereocenters. The van der Waals surface area contributed by atoms with Gasteiger partial charge in [0.25, 0.3) is 5.91 Å². The standard InChI is InChI=1S/C23H19N5OS/c1-28(2)21-12-19(18-5-3-4-6-20(18)26-21)22(29)27-23-25-14-17(30-23)11-15-7-9-16(13-24)10-8-15/h3-10,12,14H,11H2,1-2H3,(H,25,27,29). The zero-order valence-corrected chi connectivity index (χ0v) is 17.4. The maximum Gasteiger partial charge on any atom is 0.258 e. The van der Waals surface area contributed by atoms with E-state index in [2.05, 4.69) is 21.4 Å². The van der Waals surface area contributed by atoms with E-state index in [1.54, 1.807) is 24.4 Å². The quantitative estimate of drug-likeness (QED) is 0.522. The summed E-state index contributed by atoms with van der Waals surface area (Å²) < 4.78 is 0. The normalized spacial score (nSPS) is 10.6. The minimum absolute atomic E-state index is 0.212. The summed E-state index contributed by atoms with van der Waals surface area (Å²) in [5, 5.41) is 13.2. The average molecular weight is 414 g/mol. The molecule has 1 N–H and O–H groups in total. The molecule has 0 fully saturated rings. The van der Waals surface area contributed by atoms with E-state index in [9.17, 15) is 4.79 Å². The molecule has 2 aromatic heterocycles. The number of nitriles is 1. The van der Waals surface area contributed by atoms with Crippen LogP contribution in [0.25, 0.3) is 10.9 Å². The average Bonchev–Trinajstić information content (AvgIpc) is 3.20. The van der Waals surface area contributed by atoms with Crippen LogP contribution in [0, 0.1) is 11.3 Å². The molecular formula is C23H19N5OS. The Balaban J connectivity index is 1.55. The van der Waals surface area contributed by atoms with Gasteiger partial charge in [0, 0.05) is 37.0 Å². The predicted molar refractivity (Wildman–Crippen MR) is 120 cm³/mol. The van der Waals surface area contributed by atoms with Crippen LogP contribution in [-0.4, -0.2) is 30.0 Å². The maximum absolute atomic E-state index is 13.0. The molecule has 0 aliphatic rings. The minimum Gasteiger partial charge on any atom is -0.363 e. The molecule has 2 aromatic carbocycles. The van der Waals surface area contributed by atoms with E-state index in [0.29, 0.717) is 22.7 Å². The Hall–Kier alpha value is -3.76. The van der Waals surface area contributed by atoms with E-state index >= 15 is 0 Å². The predicted octanol–water partition coefficient (Wildman–Crippen LogP) is 4.47. The van der Waals surface area contributed by atoms with E-state index in [0.717, 1.165) is 27.2 Å². The molecule has 4 rings (SSSR count). The molecule has 7 heteroatoms. The fourth-order valence-electron chi connectivity index (χ4n) is 3.09. The lowest BCUT2D eigenvalue weighted by molar-refractivity contribution is 0.102. The van der Waals surface area contributed by atoms with Gasteiger partial charge in [0.05, 0.1) is 22.7 Å². The summed E-state index contributed by atoms with van der Waals surface area (Å²) in [4.78, 5) is 24.9. The number of nitrogens with one attached hydrogen (secondary N) is 1. The number of para-hydroxylation sites is 1. The highest BCUT2D eigenvalue weighted by atomic mass is 32.1. The molecule has 4 aromatic rings. The van der Waals surface area contributed by atoms with Gasteiger partial charge in [0.2, 0.25) is 0 Å². The van der Waals surface area contributed by atoms with Crippen molar-refractivity contribution in [3.05, 3.63) is 82.4 Å². The van der Waals surface area contributed by atoms with Gasteiger partial charge in [-0.25, -0.2) is 9.97 Å². The molecule has 1 amide bonds. The van der Waals surface area contributed by atoms with Crippen LogP contribution >= 0.6 is 11.3 Å². The van der Waals surface area contributed by atoms with Gasteiger partial charge in [-0.05, 0) is 29.8 Å². The number of thiazole rings is 1. The third kappa shape index (κ3) is 4.14. The number of pyridine rings is 1. The van der Waals surface area contributed by atoms with Crippen LogP contribution in [0.5, 0.6) is 0 Å². The summed E-state index contributed by atoms with van der Waals surface area (Å²) in [5.74, 6) is 0.510. The summed E-state index contributed by atoms with van der Waals surface area (Å²) in [6.45, 7) is 0. The monoisotopic (exact) mass is 413 g/mol. The van der Waals surface area contributed by atoms with Crippen molar-refractivity contribution in [2.75, 3.05) is 24.3 Å². The van der Waals surface area contributed by atoms with Crippen molar-refractivity contribution >= 4 is 39.1 Å². The van der Waals surface area contributed by atoms with Gasteiger partial charge in [-0.15, -0.1) is 11.3 Å². The molecule has 2 heterocycles. The number of carbonyl (C=O) groups excluding carboxylic acids is 1. The number of rotatable bonds is 5. The Morgan fingerprint density at radius 3 is 2.67 bits per heavy atom. The number of hydrogen-bond acceptors (Lipinski definition) is 6. The SMILES string of the molecule is CN(C)c1cc(C(=O)Nc2ncc(Cc3ccc(C#N)cc3)s2)c2ccccc2n1. The summed E-state index contributed by atoms with van der Waals surface area (Å²) in [6, 6.07) is 19.0. The van der Waals surface area contributed by atoms with Crippen molar-refractivity contribution < 1.29 is 4.79 Å². The lowest BCUT2D eigenvalue weighted by Crippen LogP contribution is -2.16. The minimum atomic E-state index is -0.212. The van der Waals surface area contributed by atoms with Gasteiger partial charge >= 0.3 is 0 Å². The first-order chi connectivity index (χ1) is 14.5. The molecule has 6 nitrogen and oxygen atoms in total. The van der Waals surface area contributed by atoms with Crippen LogP contribution in [0.3, 0.4) is 0 Å². The Kier molecular flexibility index (Phi) is 5.42. The highest BCUT2D eigenvalue weighted by Gasteiger charge is 2.15. The molecule has 148 valence electrons. The first kappa shape index (κ1) is 19.6. The molecular weight excluding hydrogens is 394 g/mol. The van der Waals surface area contributed by atoms with Gasteiger partial charge in [0.1, 0.15) is 5.82 Å². The zero-order valence-electron chi connectivity index (χ0n) is 16.6. The summed E-state index contributed by atoms with van der Waals surface area (Å²) >= 11 is 1.44. The third-order valence-electron chi connectivity index (χ3n) is 4.64. The van der Waals surface area contributed by atoms with E-state index in [4.69, 9.17) is 5.26 Å². The lowest BCUT2D eigenvalue weighted by Gasteiger charge is -2.14. The molecule has 0 bridgehead atoms. The van der Waals surface area contributed by atoms with Gasteiger partial charge in [-0.3, -0.25) is 10.1 Å². The molecule has 0 radical (unpaired) electrons. The molecule has 0 saturated heterocycles. The second-order valence-corrected chi connectivity index (χ2v) is 8.13. The topological polar surface area (TPSA) is 81.9 Å². The van der Waals surface area contributed by atoms with Crippen molar-refractivity contribution in [1.29, 1.82) is 5.26 Å². The highest BCUT2D eigenvalue weighted by molar-refractivity contribution is 7.15. The smallest absolute Gasteiger partial charge is 0.258 e. The van der Waals surface area contributed by atoms with Gasteiger partial charge in [0.15, 0.2) is 5.13 Å². The van der Waals surface area contributed by atoms with E-state index in [-0.39, 0.29) is 5.91 Å². The maximum atomic E-state index is 13.0. The van der Waals surface area contributed by atoms with E-state index in [1.165, 1.54) is 11.3 Å². The van der Waals surface area contributed by atoms with Crippen LogP contribution in [0.15, 0.2) is 60.8 Å². The fourth-order valence-corrected chi connectivity index (χ4v) is 3.93. The van der Waals surface area contributed by atoms with Crippen molar-refractivity contribution in [3.63, 3.8) is 0 Å². The molecule has 30 heavy (non-hydrogen) atoms. The van der Waals surface area contributed by atoms with Gasteiger partial charge in [-0.1, -0.05) is 30.3 Å². The number of hydrogen-bond donors (Lipinski definition) is 1. The summed E-state index contributed by atoms with van der Waals surface area (Å²) in [6.07, 6.45) is 2.47. The highest BCUT2D eigenvalue weighted by Crippen LogP contribution is 2.25. The number of fused-ring (bicyclic) bond motifs is 1. The molecule has 0 aliphatic carbocycles. The lowest BCUT2D eigenvalue weighted by atomic mass is 10.1. The first-order valence-electron chi connectivity index (χ1n) is 9.35.